The molecule has 8 heteroatoms. The average Bonchev–Trinajstić information content (AvgIpc) is 3.07. The molecule has 1 aliphatic heterocycles. The van der Waals surface area contributed by atoms with Gasteiger partial charge in [-0.15, -0.1) is 0 Å². The van der Waals surface area contributed by atoms with Crippen LogP contribution in [0.15, 0.2) is 29.3 Å². The number of amides is 1. The highest BCUT2D eigenvalue weighted by Crippen LogP contribution is 2.25. The Balaban J connectivity index is 1.54. The van der Waals surface area contributed by atoms with Crippen molar-refractivity contribution in [1.82, 2.24) is 15.2 Å². The molecular formula is C19H28N6OS. The smallest absolute Gasteiger partial charge is 0.217 e. The molecule has 1 unspecified atom stereocenters. The number of rotatable bonds is 7. The van der Waals surface area contributed by atoms with Gasteiger partial charge < -0.3 is 21.3 Å². The van der Waals surface area contributed by atoms with Gasteiger partial charge in [0.2, 0.25) is 5.91 Å². The highest BCUT2D eigenvalue weighted by Gasteiger charge is 2.23. The molecule has 1 amide bonds. The summed E-state index contributed by atoms with van der Waals surface area (Å²) in [5.41, 5.74) is 6.39. The van der Waals surface area contributed by atoms with Gasteiger partial charge in [-0.1, -0.05) is 23.5 Å². The molecule has 1 saturated heterocycles. The summed E-state index contributed by atoms with van der Waals surface area (Å²) in [4.78, 5) is 22.8. The topological polar surface area (TPSA) is 95.6 Å². The molecule has 3 rings (SSSR count). The van der Waals surface area contributed by atoms with Crippen molar-refractivity contribution < 1.29 is 4.79 Å². The largest absolute Gasteiger partial charge is 0.370 e. The number of thiazole rings is 1. The molecule has 0 spiro atoms. The van der Waals surface area contributed by atoms with Crippen molar-refractivity contribution >= 4 is 38.6 Å². The lowest BCUT2D eigenvalue weighted by Gasteiger charge is -2.34. The zero-order chi connectivity index (χ0) is 19.1. The summed E-state index contributed by atoms with van der Waals surface area (Å²) >= 11 is 1.66. The summed E-state index contributed by atoms with van der Waals surface area (Å²) < 4.78 is 1.19. The van der Waals surface area contributed by atoms with Gasteiger partial charge in [-0.25, -0.2) is 4.98 Å². The van der Waals surface area contributed by atoms with Crippen molar-refractivity contribution in [1.29, 1.82) is 0 Å². The van der Waals surface area contributed by atoms with E-state index in [1.165, 1.54) is 4.70 Å². The van der Waals surface area contributed by atoms with Crippen molar-refractivity contribution in [3.63, 3.8) is 0 Å². The van der Waals surface area contributed by atoms with Crippen LogP contribution in [0, 0.1) is 5.92 Å². The molecular weight excluding hydrogens is 360 g/mol. The first kappa shape index (κ1) is 19.4. The lowest BCUT2D eigenvalue weighted by molar-refractivity contribution is -0.119. The summed E-state index contributed by atoms with van der Waals surface area (Å²) in [6.45, 7) is 6.08. The number of nitrogens with two attached hydrogens (primary N) is 1. The standard InChI is InChI=1S/C19H28N6OS/c1-2-21-18(25-11-5-6-14(13-25)12-17(20)26)22-9-10-23-19-24-15-7-3-4-8-16(15)27-19/h3-4,7-8,14H,2,5-6,9-13H2,1H3,(H2,20,26)(H,21,22)(H,23,24). The number of carbonyl (C=O) groups is 1. The SMILES string of the molecule is CCNC(=NCCNc1nc2ccccc2s1)N1CCCC(CC(N)=O)C1. The maximum Gasteiger partial charge on any atom is 0.217 e. The van der Waals surface area contributed by atoms with Crippen molar-refractivity contribution in [2.75, 3.05) is 38.0 Å². The van der Waals surface area contributed by atoms with Crippen molar-refractivity contribution in [3.8, 4) is 0 Å². The number of fused-ring (bicyclic) bond motifs is 1. The Morgan fingerprint density at radius 2 is 2.30 bits per heavy atom. The van der Waals surface area contributed by atoms with Gasteiger partial charge in [0, 0.05) is 32.6 Å². The molecule has 0 saturated carbocycles. The molecule has 0 bridgehead atoms. The number of para-hydroxylation sites is 1. The summed E-state index contributed by atoms with van der Waals surface area (Å²) in [5, 5.41) is 7.65. The van der Waals surface area contributed by atoms with Gasteiger partial charge >= 0.3 is 0 Å². The first-order valence-corrected chi connectivity index (χ1v) is 10.4. The molecule has 146 valence electrons. The number of primary amides is 1. The van der Waals surface area contributed by atoms with Gasteiger partial charge in [-0.05, 0) is 37.8 Å². The number of nitrogens with zero attached hydrogens (tertiary/aromatic N) is 3. The molecule has 2 heterocycles. The Kier molecular flexibility index (Phi) is 6.86. The Labute approximate surface area is 164 Å². The van der Waals surface area contributed by atoms with E-state index in [1.807, 2.05) is 18.2 Å². The van der Waals surface area contributed by atoms with E-state index in [9.17, 15) is 4.79 Å². The van der Waals surface area contributed by atoms with Crippen LogP contribution in [0.3, 0.4) is 0 Å². The fourth-order valence-corrected chi connectivity index (χ4v) is 4.30. The zero-order valence-electron chi connectivity index (χ0n) is 15.8. The Hall–Kier alpha value is -2.35. The van der Waals surface area contributed by atoms with Crippen LogP contribution in [0.5, 0.6) is 0 Å². The van der Waals surface area contributed by atoms with Crippen LogP contribution in [0.4, 0.5) is 5.13 Å². The minimum atomic E-state index is -0.219. The second-order valence-corrected chi connectivity index (χ2v) is 7.80. The highest BCUT2D eigenvalue weighted by atomic mass is 32.1. The number of aliphatic imine (C=N–C) groups is 1. The number of piperidine rings is 1. The summed E-state index contributed by atoms with van der Waals surface area (Å²) in [7, 11) is 0. The number of guanidine groups is 1. The molecule has 2 aromatic rings. The predicted octanol–water partition coefficient (Wildman–Crippen LogP) is 2.26. The van der Waals surface area contributed by atoms with Crippen LogP contribution >= 0.6 is 11.3 Å². The fraction of sp³-hybridized carbons (Fsp3) is 0.526. The van der Waals surface area contributed by atoms with E-state index >= 15 is 0 Å². The molecule has 0 radical (unpaired) electrons. The number of nitrogens with one attached hydrogen (secondary N) is 2. The van der Waals surface area contributed by atoms with Gasteiger partial charge in [-0.2, -0.15) is 0 Å². The fourth-order valence-electron chi connectivity index (χ4n) is 3.41. The number of carbonyl (C=O) groups excluding carboxylic acids is 1. The molecule has 1 atom stereocenters. The number of anilines is 1. The monoisotopic (exact) mass is 388 g/mol. The molecule has 1 fully saturated rings. The minimum Gasteiger partial charge on any atom is -0.370 e. The van der Waals surface area contributed by atoms with E-state index in [0.29, 0.717) is 18.9 Å². The highest BCUT2D eigenvalue weighted by molar-refractivity contribution is 7.22. The minimum absolute atomic E-state index is 0.219. The molecule has 1 aromatic heterocycles. The second kappa shape index (κ2) is 9.55. The number of aromatic nitrogens is 1. The van der Waals surface area contributed by atoms with E-state index in [2.05, 4.69) is 33.5 Å². The van der Waals surface area contributed by atoms with Crippen LogP contribution in [-0.4, -0.2) is 54.5 Å². The third-order valence-electron chi connectivity index (χ3n) is 4.59. The third kappa shape index (κ3) is 5.56. The van der Waals surface area contributed by atoms with E-state index in [0.717, 1.165) is 55.6 Å². The maximum atomic E-state index is 11.2. The molecule has 7 nitrogen and oxygen atoms in total. The second-order valence-electron chi connectivity index (χ2n) is 6.77. The average molecular weight is 389 g/mol. The predicted molar refractivity (Wildman–Crippen MR) is 112 cm³/mol. The number of hydrogen-bond acceptors (Lipinski definition) is 5. The van der Waals surface area contributed by atoms with Crippen LogP contribution < -0.4 is 16.4 Å². The van der Waals surface area contributed by atoms with Crippen LogP contribution in [0.1, 0.15) is 26.2 Å². The Morgan fingerprint density at radius 1 is 1.44 bits per heavy atom. The summed E-state index contributed by atoms with van der Waals surface area (Å²) in [5.74, 6) is 1.02. The van der Waals surface area contributed by atoms with Gasteiger partial charge in [0.1, 0.15) is 0 Å². The van der Waals surface area contributed by atoms with Crippen LogP contribution in [0.25, 0.3) is 10.2 Å². The summed E-state index contributed by atoms with van der Waals surface area (Å²) in [6, 6.07) is 8.14. The van der Waals surface area contributed by atoms with Gasteiger partial charge in [0.05, 0.1) is 16.8 Å². The zero-order valence-corrected chi connectivity index (χ0v) is 16.6. The van der Waals surface area contributed by atoms with Crippen molar-refractivity contribution in [2.45, 2.75) is 26.2 Å². The third-order valence-corrected chi connectivity index (χ3v) is 5.58. The maximum absolute atomic E-state index is 11.2. The van der Waals surface area contributed by atoms with Crippen LogP contribution in [0.2, 0.25) is 0 Å². The first-order chi connectivity index (χ1) is 13.2. The van der Waals surface area contributed by atoms with Gasteiger partial charge in [-0.3, -0.25) is 9.79 Å². The first-order valence-electron chi connectivity index (χ1n) is 9.56. The van der Waals surface area contributed by atoms with E-state index in [1.54, 1.807) is 11.3 Å². The van der Waals surface area contributed by atoms with Crippen molar-refractivity contribution in [3.05, 3.63) is 24.3 Å². The Morgan fingerprint density at radius 3 is 3.07 bits per heavy atom. The summed E-state index contributed by atoms with van der Waals surface area (Å²) in [6.07, 6.45) is 2.57. The molecule has 1 aliphatic rings. The normalized spacial score (nSPS) is 17.9. The molecule has 1 aromatic carbocycles. The molecule has 27 heavy (non-hydrogen) atoms. The number of hydrogen-bond donors (Lipinski definition) is 3. The van der Waals surface area contributed by atoms with Crippen LogP contribution in [-0.2, 0) is 4.79 Å². The number of benzene rings is 1. The Bertz CT molecular complexity index is 756. The van der Waals surface area contributed by atoms with Gasteiger partial charge in [0.15, 0.2) is 11.1 Å². The van der Waals surface area contributed by atoms with E-state index < -0.39 is 0 Å². The van der Waals surface area contributed by atoms with E-state index in [-0.39, 0.29) is 5.91 Å². The molecule has 4 N–H and O–H groups in total. The van der Waals surface area contributed by atoms with Gasteiger partial charge in [0.25, 0.3) is 0 Å². The quantitative estimate of drug-likeness (QED) is 0.384. The van der Waals surface area contributed by atoms with E-state index in [4.69, 9.17) is 10.7 Å². The number of likely N-dealkylation sites (tertiary alicyclic amines) is 1. The lowest BCUT2D eigenvalue weighted by atomic mass is 9.95. The molecule has 0 aliphatic carbocycles. The lowest BCUT2D eigenvalue weighted by Crippen LogP contribution is -2.47. The van der Waals surface area contributed by atoms with Crippen molar-refractivity contribution in [2.24, 2.45) is 16.6 Å².